The van der Waals surface area contributed by atoms with Crippen molar-refractivity contribution in [3.8, 4) is 0 Å². The molecular formula is C19H29N5. The van der Waals surface area contributed by atoms with Gasteiger partial charge in [0, 0.05) is 41.1 Å². The van der Waals surface area contributed by atoms with Gasteiger partial charge in [-0.1, -0.05) is 34.6 Å². The number of aryl methyl sites for hydroxylation is 1. The number of hydrogen-bond donors (Lipinski definition) is 2. The number of hydrogen-bond acceptors (Lipinski definition) is 4. The molecule has 3 rings (SSSR count). The molecule has 0 spiro atoms. The van der Waals surface area contributed by atoms with Crippen molar-refractivity contribution in [3.05, 3.63) is 41.0 Å². The second-order valence-electron chi connectivity index (χ2n) is 8.80. The summed E-state index contributed by atoms with van der Waals surface area (Å²) in [5, 5.41) is 3.67. The van der Waals surface area contributed by atoms with Crippen molar-refractivity contribution in [2.45, 2.75) is 72.4 Å². The SMILES string of the molecule is Cc1[nH]cnc1CNC1CC(C)(C)Cc2nc(C(C)(C)C)ncc21. The highest BCUT2D eigenvalue weighted by Gasteiger charge is 2.34. The van der Waals surface area contributed by atoms with Crippen LogP contribution in [0.3, 0.4) is 0 Å². The minimum atomic E-state index is -0.0221. The molecule has 5 heteroatoms. The van der Waals surface area contributed by atoms with Crippen LogP contribution in [0.25, 0.3) is 0 Å². The van der Waals surface area contributed by atoms with E-state index in [1.807, 2.05) is 6.20 Å². The van der Waals surface area contributed by atoms with Crippen LogP contribution in [0.5, 0.6) is 0 Å². The maximum Gasteiger partial charge on any atom is 0.133 e. The van der Waals surface area contributed by atoms with E-state index in [2.05, 4.69) is 61.8 Å². The summed E-state index contributed by atoms with van der Waals surface area (Å²) in [7, 11) is 0. The van der Waals surface area contributed by atoms with Crippen LogP contribution in [0.1, 0.15) is 75.6 Å². The summed E-state index contributed by atoms with van der Waals surface area (Å²) in [5.74, 6) is 0.931. The van der Waals surface area contributed by atoms with Gasteiger partial charge in [-0.05, 0) is 25.2 Å². The Labute approximate surface area is 144 Å². The monoisotopic (exact) mass is 327 g/mol. The van der Waals surface area contributed by atoms with Gasteiger partial charge in [-0.25, -0.2) is 15.0 Å². The highest BCUT2D eigenvalue weighted by Crippen LogP contribution is 2.40. The predicted molar refractivity (Wildman–Crippen MR) is 95.7 cm³/mol. The van der Waals surface area contributed by atoms with E-state index in [0.717, 1.165) is 36.6 Å². The van der Waals surface area contributed by atoms with Gasteiger partial charge in [0.25, 0.3) is 0 Å². The molecule has 1 atom stereocenters. The van der Waals surface area contributed by atoms with Crippen molar-refractivity contribution < 1.29 is 0 Å². The van der Waals surface area contributed by atoms with Gasteiger partial charge in [0.05, 0.1) is 12.0 Å². The fraction of sp³-hybridized carbons (Fsp3) is 0.632. The summed E-state index contributed by atoms with van der Waals surface area (Å²) in [4.78, 5) is 17.1. The molecule has 0 radical (unpaired) electrons. The molecule has 24 heavy (non-hydrogen) atoms. The Bertz CT molecular complexity index is 724. The van der Waals surface area contributed by atoms with Crippen LogP contribution in [0, 0.1) is 12.3 Å². The lowest BCUT2D eigenvalue weighted by molar-refractivity contribution is 0.251. The van der Waals surface area contributed by atoms with E-state index in [9.17, 15) is 0 Å². The molecular weight excluding hydrogens is 298 g/mol. The van der Waals surface area contributed by atoms with Crippen LogP contribution >= 0.6 is 0 Å². The Hall–Kier alpha value is -1.75. The van der Waals surface area contributed by atoms with Crippen LogP contribution < -0.4 is 5.32 Å². The molecule has 2 heterocycles. The minimum Gasteiger partial charge on any atom is -0.348 e. The summed E-state index contributed by atoms with van der Waals surface area (Å²) in [6.45, 7) is 14.0. The molecule has 2 aromatic rings. The topological polar surface area (TPSA) is 66.5 Å². The van der Waals surface area contributed by atoms with Crippen LogP contribution in [0.4, 0.5) is 0 Å². The standard InChI is InChI=1S/C19H29N5/c1-12-16(23-11-22-12)10-20-14-7-19(5,6)8-15-13(14)9-21-17(24-15)18(2,3)4/h9,11,14,20H,7-8,10H2,1-6H3,(H,22,23). The number of nitrogens with one attached hydrogen (secondary N) is 2. The lowest BCUT2D eigenvalue weighted by atomic mass is 9.74. The molecule has 5 nitrogen and oxygen atoms in total. The number of fused-ring (bicyclic) bond motifs is 1. The van der Waals surface area contributed by atoms with Crippen LogP contribution in [0.2, 0.25) is 0 Å². The third kappa shape index (κ3) is 3.51. The molecule has 0 aliphatic heterocycles. The highest BCUT2D eigenvalue weighted by molar-refractivity contribution is 5.28. The zero-order valence-corrected chi connectivity index (χ0v) is 15.7. The highest BCUT2D eigenvalue weighted by atomic mass is 15.0. The number of rotatable bonds is 3. The zero-order valence-electron chi connectivity index (χ0n) is 15.7. The summed E-state index contributed by atoms with van der Waals surface area (Å²) in [6, 6.07) is 0.272. The number of aromatic nitrogens is 4. The van der Waals surface area contributed by atoms with Gasteiger partial charge in [-0.15, -0.1) is 0 Å². The number of aromatic amines is 1. The van der Waals surface area contributed by atoms with Gasteiger partial charge in [0.2, 0.25) is 0 Å². The average molecular weight is 327 g/mol. The normalized spacial score (nSPS) is 20.0. The van der Waals surface area contributed by atoms with Gasteiger partial charge in [-0.2, -0.15) is 0 Å². The van der Waals surface area contributed by atoms with E-state index in [0.29, 0.717) is 0 Å². The average Bonchev–Trinajstić information content (AvgIpc) is 2.87. The summed E-state index contributed by atoms with van der Waals surface area (Å²) >= 11 is 0. The lowest BCUT2D eigenvalue weighted by Gasteiger charge is -2.37. The Kier molecular flexibility index (Phi) is 4.24. The number of H-pyrrole nitrogens is 1. The van der Waals surface area contributed by atoms with E-state index in [-0.39, 0.29) is 16.9 Å². The Morgan fingerprint density at radius 1 is 1.29 bits per heavy atom. The van der Waals surface area contributed by atoms with Crippen molar-refractivity contribution in [2.75, 3.05) is 0 Å². The predicted octanol–water partition coefficient (Wildman–Crippen LogP) is 3.61. The molecule has 1 unspecified atom stereocenters. The van der Waals surface area contributed by atoms with Crippen LogP contribution in [-0.2, 0) is 18.4 Å². The molecule has 1 aliphatic carbocycles. The van der Waals surface area contributed by atoms with Crippen molar-refractivity contribution in [2.24, 2.45) is 5.41 Å². The third-order valence-electron chi connectivity index (χ3n) is 4.80. The van der Waals surface area contributed by atoms with Gasteiger partial charge in [0.15, 0.2) is 0 Å². The van der Waals surface area contributed by atoms with E-state index in [4.69, 9.17) is 4.98 Å². The fourth-order valence-corrected chi connectivity index (χ4v) is 3.38. The molecule has 0 aromatic carbocycles. The second kappa shape index (κ2) is 5.96. The van der Waals surface area contributed by atoms with Gasteiger partial charge >= 0.3 is 0 Å². The first-order valence-electron chi connectivity index (χ1n) is 8.74. The van der Waals surface area contributed by atoms with Crippen molar-refractivity contribution in [1.82, 2.24) is 25.3 Å². The minimum absolute atomic E-state index is 0.0221. The quantitative estimate of drug-likeness (QED) is 0.904. The smallest absolute Gasteiger partial charge is 0.133 e. The lowest BCUT2D eigenvalue weighted by Crippen LogP contribution is -2.35. The molecule has 0 saturated heterocycles. The number of imidazole rings is 1. The first kappa shape index (κ1) is 17.1. The molecule has 2 N–H and O–H groups in total. The Morgan fingerprint density at radius 2 is 2.04 bits per heavy atom. The summed E-state index contributed by atoms with van der Waals surface area (Å²) in [6.07, 6.45) is 5.88. The second-order valence-corrected chi connectivity index (χ2v) is 8.80. The maximum atomic E-state index is 4.92. The van der Waals surface area contributed by atoms with Crippen molar-refractivity contribution in [1.29, 1.82) is 0 Å². The molecule has 0 amide bonds. The van der Waals surface area contributed by atoms with Crippen molar-refractivity contribution >= 4 is 0 Å². The van der Waals surface area contributed by atoms with Gasteiger partial charge < -0.3 is 10.3 Å². The fourth-order valence-electron chi connectivity index (χ4n) is 3.38. The third-order valence-corrected chi connectivity index (χ3v) is 4.80. The largest absolute Gasteiger partial charge is 0.348 e. The molecule has 0 bridgehead atoms. The van der Waals surface area contributed by atoms with Gasteiger partial charge in [-0.3, -0.25) is 0 Å². The molecule has 130 valence electrons. The maximum absolute atomic E-state index is 4.92. The Morgan fingerprint density at radius 3 is 2.67 bits per heavy atom. The summed E-state index contributed by atoms with van der Waals surface area (Å²) in [5.41, 5.74) is 4.85. The molecule has 0 fully saturated rings. The van der Waals surface area contributed by atoms with Gasteiger partial charge in [0.1, 0.15) is 5.82 Å². The van der Waals surface area contributed by atoms with E-state index in [1.165, 1.54) is 11.3 Å². The van der Waals surface area contributed by atoms with Crippen LogP contribution in [0.15, 0.2) is 12.5 Å². The first-order chi connectivity index (χ1) is 11.2. The van der Waals surface area contributed by atoms with E-state index in [1.54, 1.807) is 6.33 Å². The van der Waals surface area contributed by atoms with Crippen molar-refractivity contribution in [3.63, 3.8) is 0 Å². The zero-order chi connectivity index (χ0) is 17.5. The first-order valence-corrected chi connectivity index (χ1v) is 8.74. The van der Waals surface area contributed by atoms with Crippen LogP contribution in [-0.4, -0.2) is 19.9 Å². The van der Waals surface area contributed by atoms with E-state index >= 15 is 0 Å². The van der Waals surface area contributed by atoms with E-state index < -0.39 is 0 Å². The molecule has 0 saturated carbocycles. The summed E-state index contributed by atoms with van der Waals surface area (Å²) < 4.78 is 0. The molecule has 2 aromatic heterocycles. The molecule has 1 aliphatic rings. The number of nitrogens with zero attached hydrogens (tertiary/aromatic N) is 3. The Balaban J connectivity index is 1.87.